The van der Waals surface area contributed by atoms with Gasteiger partial charge in [0.2, 0.25) is 11.8 Å². The number of aryl methyl sites for hydroxylation is 1. The summed E-state index contributed by atoms with van der Waals surface area (Å²) in [7, 11) is 0. The second kappa shape index (κ2) is 10.0. The van der Waals surface area contributed by atoms with E-state index in [1.54, 1.807) is 0 Å². The molecule has 0 bridgehead atoms. The molecule has 0 aromatic heterocycles. The Balaban J connectivity index is 1.40. The van der Waals surface area contributed by atoms with E-state index >= 15 is 0 Å². The minimum absolute atomic E-state index is 0.0189. The van der Waals surface area contributed by atoms with Gasteiger partial charge in [0.15, 0.2) is 5.78 Å². The zero-order valence-corrected chi connectivity index (χ0v) is 17.7. The Labute approximate surface area is 173 Å². The van der Waals surface area contributed by atoms with Crippen molar-refractivity contribution in [1.29, 1.82) is 0 Å². The van der Waals surface area contributed by atoms with Crippen molar-refractivity contribution in [2.24, 2.45) is 0 Å². The van der Waals surface area contributed by atoms with Crippen molar-refractivity contribution < 1.29 is 14.4 Å². The van der Waals surface area contributed by atoms with Crippen LogP contribution < -0.4 is 5.32 Å². The number of hydrogen-bond donors (Lipinski definition) is 1. The van der Waals surface area contributed by atoms with Crippen LogP contribution in [0.3, 0.4) is 0 Å². The van der Waals surface area contributed by atoms with Crippen molar-refractivity contribution in [1.82, 2.24) is 15.1 Å². The summed E-state index contributed by atoms with van der Waals surface area (Å²) < 4.78 is 0. The van der Waals surface area contributed by atoms with Gasteiger partial charge in [0.05, 0.1) is 6.04 Å². The second-order valence-electron chi connectivity index (χ2n) is 8.25. The molecule has 1 aliphatic heterocycles. The lowest BCUT2D eigenvalue weighted by molar-refractivity contribution is -0.134. The maximum absolute atomic E-state index is 12.5. The molecule has 1 saturated carbocycles. The molecule has 1 aliphatic carbocycles. The van der Waals surface area contributed by atoms with Gasteiger partial charge >= 0.3 is 0 Å². The first-order chi connectivity index (χ1) is 14.0. The fraction of sp³-hybridized carbons (Fsp3) is 0.609. The molecule has 1 aromatic rings. The Hall–Kier alpha value is -2.21. The lowest BCUT2D eigenvalue weighted by atomic mass is 10.0. The molecule has 3 rings (SSSR count). The Kier molecular flexibility index (Phi) is 7.42. The van der Waals surface area contributed by atoms with Crippen molar-refractivity contribution in [2.45, 2.75) is 64.5 Å². The summed E-state index contributed by atoms with van der Waals surface area (Å²) >= 11 is 0. The predicted molar refractivity (Wildman–Crippen MR) is 113 cm³/mol. The van der Waals surface area contributed by atoms with Crippen LogP contribution in [0, 0.1) is 0 Å². The van der Waals surface area contributed by atoms with E-state index in [0.717, 1.165) is 25.7 Å². The highest BCUT2D eigenvalue weighted by molar-refractivity contribution is 5.98. The molecule has 0 spiro atoms. The smallest absolute Gasteiger partial charge is 0.237 e. The summed E-state index contributed by atoms with van der Waals surface area (Å²) in [6, 6.07) is 7.93. The zero-order valence-electron chi connectivity index (χ0n) is 17.7. The molecular formula is C23H33N3O3. The number of Topliss-reactive ketones (excluding diaryl/α,β-unsaturated/α-hetero) is 1. The predicted octanol–water partition coefficient (Wildman–Crippen LogP) is 2.41. The monoisotopic (exact) mass is 399 g/mol. The molecule has 1 unspecified atom stereocenters. The van der Waals surface area contributed by atoms with Gasteiger partial charge in [0, 0.05) is 50.6 Å². The molecule has 2 fully saturated rings. The fourth-order valence-electron chi connectivity index (χ4n) is 3.74. The lowest BCUT2D eigenvalue weighted by Gasteiger charge is -2.37. The molecule has 158 valence electrons. The number of benzene rings is 1. The summed E-state index contributed by atoms with van der Waals surface area (Å²) in [4.78, 5) is 41.1. The van der Waals surface area contributed by atoms with Gasteiger partial charge in [-0.2, -0.15) is 0 Å². The molecule has 6 nitrogen and oxygen atoms in total. The minimum Gasteiger partial charge on any atom is -0.352 e. The van der Waals surface area contributed by atoms with Gasteiger partial charge < -0.3 is 10.2 Å². The number of piperazine rings is 1. The summed E-state index contributed by atoms with van der Waals surface area (Å²) in [6.07, 6.45) is 4.75. The standard InChI is InChI=1S/C23H33N3O3/c1-3-4-18-5-7-19(8-6-18)21(27)11-12-22(28)26-15-13-25(14-16-26)17(2)23(29)24-20-9-10-20/h5-8,17,20H,3-4,9-16H2,1-2H3,(H,24,29). The molecule has 0 radical (unpaired) electrons. The summed E-state index contributed by atoms with van der Waals surface area (Å²) in [5.74, 6) is 0.129. The van der Waals surface area contributed by atoms with Crippen LogP contribution in [0.1, 0.15) is 61.9 Å². The average molecular weight is 400 g/mol. The number of rotatable bonds is 9. The summed E-state index contributed by atoms with van der Waals surface area (Å²) in [6.45, 7) is 6.67. The number of ketones is 1. The van der Waals surface area contributed by atoms with E-state index in [1.807, 2.05) is 36.1 Å². The van der Waals surface area contributed by atoms with Gasteiger partial charge in [-0.15, -0.1) is 0 Å². The van der Waals surface area contributed by atoms with E-state index in [9.17, 15) is 14.4 Å². The van der Waals surface area contributed by atoms with E-state index in [-0.39, 0.29) is 36.5 Å². The number of nitrogens with one attached hydrogen (secondary N) is 1. The largest absolute Gasteiger partial charge is 0.352 e. The van der Waals surface area contributed by atoms with Crippen LogP contribution in [0.2, 0.25) is 0 Å². The Morgan fingerprint density at radius 1 is 1.03 bits per heavy atom. The normalized spacial score (nSPS) is 18.3. The van der Waals surface area contributed by atoms with Crippen LogP contribution in [0.4, 0.5) is 0 Å². The van der Waals surface area contributed by atoms with Crippen LogP contribution in [0.25, 0.3) is 0 Å². The second-order valence-corrected chi connectivity index (χ2v) is 8.25. The Morgan fingerprint density at radius 2 is 1.69 bits per heavy atom. The van der Waals surface area contributed by atoms with Gasteiger partial charge in [-0.05, 0) is 31.7 Å². The molecule has 1 atom stereocenters. The molecule has 1 N–H and O–H groups in total. The van der Waals surface area contributed by atoms with Crippen LogP contribution in [0.15, 0.2) is 24.3 Å². The molecule has 6 heteroatoms. The van der Waals surface area contributed by atoms with E-state index < -0.39 is 0 Å². The average Bonchev–Trinajstić information content (AvgIpc) is 3.56. The third-order valence-corrected chi connectivity index (χ3v) is 5.90. The molecule has 2 amide bonds. The van der Waals surface area contributed by atoms with Gasteiger partial charge in [-0.3, -0.25) is 19.3 Å². The van der Waals surface area contributed by atoms with Crippen LogP contribution >= 0.6 is 0 Å². The number of nitrogens with zero attached hydrogens (tertiary/aromatic N) is 2. The van der Waals surface area contributed by atoms with Crippen LogP contribution in [-0.4, -0.2) is 65.7 Å². The molecule has 1 saturated heterocycles. The molecule has 2 aliphatic rings. The van der Waals surface area contributed by atoms with E-state index in [0.29, 0.717) is 37.8 Å². The van der Waals surface area contributed by atoms with Gasteiger partial charge in [0.1, 0.15) is 0 Å². The molecule has 1 heterocycles. The first kappa shape index (κ1) is 21.5. The number of amides is 2. The van der Waals surface area contributed by atoms with Gasteiger partial charge in [-0.1, -0.05) is 37.6 Å². The highest BCUT2D eigenvalue weighted by Gasteiger charge is 2.30. The molecule has 1 aromatic carbocycles. The maximum Gasteiger partial charge on any atom is 0.237 e. The third kappa shape index (κ3) is 6.13. The molecule has 29 heavy (non-hydrogen) atoms. The first-order valence-electron chi connectivity index (χ1n) is 10.9. The van der Waals surface area contributed by atoms with Crippen molar-refractivity contribution in [3.05, 3.63) is 35.4 Å². The van der Waals surface area contributed by atoms with Crippen LogP contribution in [-0.2, 0) is 16.0 Å². The quantitative estimate of drug-likeness (QED) is 0.648. The summed E-state index contributed by atoms with van der Waals surface area (Å²) in [5, 5.41) is 3.04. The number of carbonyl (C=O) groups is 3. The fourth-order valence-corrected chi connectivity index (χ4v) is 3.74. The number of carbonyl (C=O) groups excluding carboxylic acids is 3. The Bertz CT molecular complexity index is 719. The van der Waals surface area contributed by atoms with Crippen molar-refractivity contribution in [2.75, 3.05) is 26.2 Å². The van der Waals surface area contributed by atoms with Crippen LogP contribution in [0.5, 0.6) is 0 Å². The third-order valence-electron chi connectivity index (χ3n) is 5.90. The minimum atomic E-state index is -0.162. The zero-order chi connectivity index (χ0) is 20.8. The van der Waals surface area contributed by atoms with Crippen molar-refractivity contribution in [3.63, 3.8) is 0 Å². The van der Waals surface area contributed by atoms with E-state index in [2.05, 4.69) is 17.1 Å². The highest BCUT2D eigenvalue weighted by atomic mass is 16.2. The van der Waals surface area contributed by atoms with Gasteiger partial charge in [-0.25, -0.2) is 0 Å². The molecular weight excluding hydrogens is 366 g/mol. The topological polar surface area (TPSA) is 69.7 Å². The van der Waals surface area contributed by atoms with Gasteiger partial charge in [0.25, 0.3) is 0 Å². The van der Waals surface area contributed by atoms with Crippen molar-refractivity contribution in [3.8, 4) is 0 Å². The highest BCUT2D eigenvalue weighted by Crippen LogP contribution is 2.19. The van der Waals surface area contributed by atoms with E-state index in [1.165, 1.54) is 5.56 Å². The Morgan fingerprint density at radius 3 is 2.28 bits per heavy atom. The van der Waals surface area contributed by atoms with Crippen molar-refractivity contribution >= 4 is 17.6 Å². The number of hydrogen-bond acceptors (Lipinski definition) is 4. The SMILES string of the molecule is CCCc1ccc(C(=O)CCC(=O)N2CCN(C(C)C(=O)NC3CC3)CC2)cc1. The lowest BCUT2D eigenvalue weighted by Crippen LogP contribution is -2.55. The first-order valence-corrected chi connectivity index (χ1v) is 10.9. The maximum atomic E-state index is 12.5. The summed E-state index contributed by atoms with van der Waals surface area (Å²) in [5.41, 5.74) is 1.91. The van der Waals surface area contributed by atoms with E-state index in [4.69, 9.17) is 0 Å².